The third kappa shape index (κ3) is 4.95. The third-order valence-electron chi connectivity index (χ3n) is 3.90. The van der Waals surface area contributed by atoms with E-state index in [9.17, 15) is 18.0 Å². The molecule has 10 heteroatoms. The van der Waals surface area contributed by atoms with Crippen molar-refractivity contribution in [3.8, 4) is 0 Å². The quantitative estimate of drug-likeness (QED) is 0.354. The number of nitrogens with one attached hydrogen (secondary N) is 1. The number of anilines is 1. The van der Waals surface area contributed by atoms with E-state index in [0.717, 1.165) is 30.7 Å². The van der Waals surface area contributed by atoms with Crippen molar-refractivity contribution in [1.82, 2.24) is 5.43 Å². The van der Waals surface area contributed by atoms with Crippen LogP contribution in [0.15, 0.2) is 35.0 Å². The second-order valence-corrected chi connectivity index (χ2v) is 6.88. The molecular formula is C15H19F3N4O2S. The molecule has 1 aliphatic rings. The predicted octanol–water partition coefficient (Wildman–Crippen LogP) is 2.08. The molecule has 1 fully saturated rings. The summed E-state index contributed by atoms with van der Waals surface area (Å²) in [6.07, 6.45) is -2.89. The average Bonchev–Trinajstić information content (AvgIpc) is 2.55. The number of nitrogens with zero attached hydrogens (tertiary/aromatic N) is 1. The number of aliphatic carboxylic acids is 1. The average molecular weight is 376 g/mol. The molecule has 0 unspecified atom stereocenters. The van der Waals surface area contributed by atoms with Crippen molar-refractivity contribution in [1.29, 1.82) is 0 Å². The maximum atomic E-state index is 12.6. The molecule has 0 amide bonds. The van der Waals surface area contributed by atoms with Crippen LogP contribution in [0.5, 0.6) is 0 Å². The van der Waals surface area contributed by atoms with Crippen LogP contribution in [0.3, 0.4) is 0 Å². The first-order valence-electron chi connectivity index (χ1n) is 7.51. The van der Waals surface area contributed by atoms with Gasteiger partial charge in [-0.25, -0.2) is 4.79 Å². The molecule has 1 heterocycles. The summed E-state index contributed by atoms with van der Waals surface area (Å²) in [4.78, 5) is 13.0. The topological polar surface area (TPSA) is 105 Å². The molecule has 6 nitrogen and oxygen atoms in total. The SMILES string of the molecule is NN/C(C(=O)O)=C(\N)SC1CCN(c2ccc(C(F)(F)F)cc2)CC1. The molecule has 0 radical (unpaired) electrons. The van der Waals surface area contributed by atoms with Gasteiger partial charge in [0.2, 0.25) is 0 Å². The number of halogens is 3. The molecule has 1 aromatic rings. The van der Waals surface area contributed by atoms with Gasteiger partial charge in [-0.15, -0.1) is 11.8 Å². The number of carboxylic acid groups (broad SMARTS) is 1. The fraction of sp³-hybridized carbons (Fsp3) is 0.400. The van der Waals surface area contributed by atoms with Crippen LogP contribution in [0.25, 0.3) is 0 Å². The summed E-state index contributed by atoms with van der Waals surface area (Å²) in [6.45, 7) is 1.30. The van der Waals surface area contributed by atoms with E-state index in [-0.39, 0.29) is 16.0 Å². The molecule has 0 atom stereocenters. The van der Waals surface area contributed by atoms with Crippen LogP contribution in [-0.2, 0) is 11.0 Å². The van der Waals surface area contributed by atoms with Crippen LogP contribution < -0.4 is 21.9 Å². The number of thioether (sulfide) groups is 1. The second-order valence-electron chi connectivity index (χ2n) is 5.54. The normalized spacial score (nSPS) is 17.2. The first kappa shape index (κ1) is 19.3. The first-order chi connectivity index (χ1) is 11.7. The van der Waals surface area contributed by atoms with Gasteiger partial charge in [-0.2, -0.15) is 13.2 Å². The predicted molar refractivity (Wildman–Crippen MR) is 90.4 cm³/mol. The van der Waals surface area contributed by atoms with Gasteiger partial charge in [0.05, 0.1) is 10.6 Å². The van der Waals surface area contributed by atoms with Crippen LogP contribution in [0, 0.1) is 0 Å². The maximum absolute atomic E-state index is 12.6. The minimum Gasteiger partial charge on any atom is -0.476 e. The molecule has 0 bridgehead atoms. The second kappa shape index (κ2) is 7.87. The Kier molecular flexibility index (Phi) is 6.07. The van der Waals surface area contributed by atoms with Gasteiger partial charge in [0.25, 0.3) is 0 Å². The van der Waals surface area contributed by atoms with Gasteiger partial charge >= 0.3 is 12.1 Å². The Morgan fingerprint density at radius 3 is 2.24 bits per heavy atom. The van der Waals surface area contributed by atoms with Gasteiger partial charge in [-0.3, -0.25) is 5.84 Å². The Balaban J connectivity index is 1.94. The number of rotatable bonds is 5. The number of piperidine rings is 1. The van der Waals surface area contributed by atoms with E-state index in [1.54, 1.807) is 0 Å². The molecule has 0 aliphatic carbocycles. The Morgan fingerprint density at radius 2 is 1.80 bits per heavy atom. The van der Waals surface area contributed by atoms with Crippen LogP contribution in [-0.4, -0.2) is 29.4 Å². The van der Waals surface area contributed by atoms with Crippen molar-refractivity contribution < 1.29 is 23.1 Å². The fourth-order valence-electron chi connectivity index (χ4n) is 2.57. The molecule has 1 aromatic carbocycles. The third-order valence-corrected chi connectivity index (χ3v) is 5.16. The summed E-state index contributed by atoms with van der Waals surface area (Å²) in [5.74, 6) is 3.92. The number of benzene rings is 1. The molecule has 1 aliphatic heterocycles. The highest BCUT2D eigenvalue weighted by Crippen LogP contribution is 2.33. The molecule has 25 heavy (non-hydrogen) atoms. The summed E-state index contributed by atoms with van der Waals surface area (Å²) in [5.41, 5.74) is 7.66. The van der Waals surface area contributed by atoms with E-state index >= 15 is 0 Å². The number of nitrogens with two attached hydrogens (primary N) is 2. The number of carbonyl (C=O) groups is 1. The standard InChI is InChI=1S/C15H19F3N4O2S/c16-15(17,18)9-1-3-10(4-2-9)22-7-5-11(6-8-22)25-13(19)12(21-20)14(23)24/h1-4,11,21H,5-8,19-20H2,(H,23,24)/b13-12+. The Morgan fingerprint density at radius 1 is 1.24 bits per heavy atom. The fourth-order valence-corrected chi connectivity index (χ4v) is 3.64. The smallest absolute Gasteiger partial charge is 0.416 e. The monoisotopic (exact) mass is 376 g/mol. The van der Waals surface area contributed by atoms with Crippen LogP contribution in [0.4, 0.5) is 18.9 Å². The molecule has 138 valence electrons. The zero-order valence-corrected chi connectivity index (χ0v) is 14.0. The Labute approximate surface area is 147 Å². The van der Waals surface area contributed by atoms with Crippen molar-refractivity contribution in [2.24, 2.45) is 11.6 Å². The van der Waals surface area contributed by atoms with Crippen molar-refractivity contribution in [2.45, 2.75) is 24.3 Å². The van der Waals surface area contributed by atoms with Gasteiger partial charge in [0.1, 0.15) is 0 Å². The number of hydrazine groups is 1. The molecule has 0 aromatic heterocycles. The zero-order chi connectivity index (χ0) is 18.6. The van der Waals surface area contributed by atoms with E-state index in [2.05, 4.69) is 5.43 Å². The van der Waals surface area contributed by atoms with E-state index in [4.69, 9.17) is 16.7 Å². The summed E-state index contributed by atoms with van der Waals surface area (Å²) in [5, 5.41) is 9.19. The Hall–Kier alpha value is -2.07. The summed E-state index contributed by atoms with van der Waals surface area (Å²) < 4.78 is 37.8. The minimum absolute atomic E-state index is 0.114. The van der Waals surface area contributed by atoms with Gasteiger partial charge in [0, 0.05) is 24.0 Å². The van der Waals surface area contributed by atoms with Gasteiger partial charge in [-0.05, 0) is 37.1 Å². The zero-order valence-electron chi connectivity index (χ0n) is 13.2. The van der Waals surface area contributed by atoms with Crippen LogP contribution in [0.1, 0.15) is 18.4 Å². The lowest BCUT2D eigenvalue weighted by molar-refractivity contribution is -0.137. The van der Waals surface area contributed by atoms with Gasteiger partial charge in [-0.1, -0.05) is 0 Å². The van der Waals surface area contributed by atoms with Crippen LogP contribution >= 0.6 is 11.8 Å². The van der Waals surface area contributed by atoms with Gasteiger partial charge < -0.3 is 21.2 Å². The highest BCUT2D eigenvalue weighted by Gasteiger charge is 2.30. The molecule has 1 saturated heterocycles. The molecule has 2 rings (SSSR count). The molecule has 0 spiro atoms. The van der Waals surface area contributed by atoms with Crippen molar-refractivity contribution >= 4 is 23.4 Å². The van der Waals surface area contributed by atoms with Crippen molar-refractivity contribution in [3.63, 3.8) is 0 Å². The lowest BCUT2D eigenvalue weighted by Crippen LogP contribution is -2.35. The van der Waals surface area contributed by atoms with Crippen molar-refractivity contribution in [2.75, 3.05) is 18.0 Å². The maximum Gasteiger partial charge on any atom is 0.416 e. The molecule has 0 saturated carbocycles. The number of hydrogen-bond acceptors (Lipinski definition) is 6. The number of carboxylic acids is 1. The molecule has 6 N–H and O–H groups in total. The van der Waals surface area contributed by atoms with Crippen molar-refractivity contribution in [3.05, 3.63) is 40.6 Å². The highest BCUT2D eigenvalue weighted by molar-refractivity contribution is 8.03. The van der Waals surface area contributed by atoms with E-state index in [1.807, 2.05) is 4.90 Å². The highest BCUT2D eigenvalue weighted by atomic mass is 32.2. The van der Waals surface area contributed by atoms with E-state index < -0.39 is 17.7 Å². The van der Waals surface area contributed by atoms with E-state index in [1.165, 1.54) is 23.9 Å². The summed E-state index contributed by atoms with van der Waals surface area (Å²) >= 11 is 1.24. The van der Waals surface area contributed by atoms with Crippen LogP contribution in [0.2, 0.25) is 0 Å². The van der Waals surface area contributed by atoms with Gasteiger partial charge in [0.15, 0.2) is 5.70 Å². The van der Waals surface area contributed by atoms with E-state index in [0.29, 0.717) is 13.1 Å². The minimum atomic E-state index is -4.34. The Bertz CT molecular complexity index is 641. The number of hydrogen-bond donors (Lipinski definition) is 4. The summed E-state index contributed by atoms with van der Waals surface area (Å²) in [7, 11) is 0. The lowest BCUT2D eigenvalue weighted by atomic mass is 10.1. The molecular weight excluding hydrogens is 357 g/mol. The lowest BCUT2D eigenvalue weighted by Gasteiger charge is -2.33. The largest absolute Gasteiger partial charge is 0.476 e. The first-order valence-corrected chi connectivity index (χ1v) is 8.39. The number of alkyl halides is 3. The summed E-state index contributed by atoms with van der Waals surface area (Å²) in [6, 6.07) is 5.07.